The SMILES string of the molecule is CCCCCCCCCCCCC(CCCCCCCCCC)Cc1cc(-c2ccc(C3CC4C(CC(c5ccc(-c6cc(CC(CCCCCCCCCC)CCCCCCCCCCCC)c(C)s6)s5)C5C(=O)CNC45)C4NCC(=O)C34)s2)sc1C. The van der Waals surface area contributed by atoms with Crippen LogP contribution >= 0.6 is 45.3 Å². The van der Waals surface area contributed by atoms with E-state index in [0.717, 1.165) is 24.7 Å². The number of rotatable bonds is 48. The largest absolute Gasteiger partial charge is 0.306 e. The zero-order valence-corrected chi connectivity index (χ0v) is 60.5. The number of carbonyl (C=O) groups is 2. The van der Waals surface area contributed by atoms with E-state index in [-0.39, 0.29) is 35.8 Å². The first-order chi connectivity index (χ1) is 43.2. The van der Waals surface area contributed by atoms with Crippen LogP contribution in [0.3, 0.4) is 0 Å². The molecule has 4 fully saturated rings. The number of fused-ring (bicyclic) bond motifs is 5. The highest BCUT2D eigenvalue weighted by atomic mass is 32.1. The Morgan fingerprint density at radius 2 is 0.659 bits per heavy atom. The second-order valence-electron chi connectivity index (χ2n) is 29.2. The van der Waals surface area contributed by atoms with Gasteiger partial charge in [-0.25, -0.2) is 0 Å². The van der Waals surface area contributed by atoms with Gasteiger partial charge < -0.3 is 10.6 Å². The van der Waals surface area contributed by atoms with Gasteiger partial charge in [0.25, 0.3) is 0 Å². The quantitative estimate of drug-likeness (QED) is 0.0433. The summed E-state index contributed by atoms with van der Waals surface area (Å²) in [5.41, 5.74) is 3.16. The van der Waals surface area contributed by atoms with E-state index in [1.165, 1.54) is 309 Å². The first-order valence-electron chi connectivity index (χ1n) is 38.1. The van der Waals surface area contributed by atoms with E-state index in [9.17, 15) is 9.59 Å². The van der Waals surface area contributed by atoms with Gasteiger partial charge in [-0.1, -0.05) is 285 Å². The van der Waals surface area contributed by atoms with Gasteiger partial charge in [0.15, 0.2) is 11.6 Å². The van der Waals surface area contributed by atoms with Gasteiger partial charge in [0, 0.05) is 74.8 Å². The van der Waals surface area contributed by atoms with Crippen LogP contribution in [0.2, 0.25) is 0 Å². The summed E-state index contributed by atoms with van der Waals surface area (Å²) < 4.78 is 0. The molecule has 2 saturated heterocycles. The molecule has 8 rings (SSSR count). The molecule has 4 aliphatic rings. The lowest BCUT2D eigenvalue weighted by Gasteiger charge is -2.52. The number of nitrogens with one attached hydrogen (secondary N) is 2. The molecule has 0 spiro atoms. The average molecular weight is 1280 g/mol. The summed E-state index contributed by atoms with van der Waals surface area (Å²) in [5.74, 6) is 3.49. The number of hydrogen-bond donors (Lipinski definition) is 2. The van der Waals surface area contributed by atoms with Crippen LogP contribution in [0.25, 0.3) is 19.5 Å². The number of unbranched alkanes of at least 4 members (excludes halogenated alkanes) is 32. The van der Waals surface area contributed by atoms with Crippen molar-refractivity contribution in [1.29, 1.82) is 0 Å². The van der Waals surface area contributed by atoms with E-state index in [4.69, 9.17) is 0 Å². The van der Waals surface area contributed by atoms with Crippen molar-refractivity contribution in [2.75, 3.05) is 13.1 Å². The summed E-state index contributed by atoms with van der Waals surface area (Å²) in [4.78, 5) is 39.9. The Morgan fingerprint density at radius 1 is 0.375 bits per heavy atom. The molecule has 4 aromatic heterocycles. The molecule has 2 aliphatic heterocycles. The summed E-state index contributed by atoms with van der Waals surface area (Å²) >= 11 is 7.95. The minimum Gasteiger partial charge on any atom is -0.306 e. The lowest BCUT2D eigenvalue weighted by molar-refractivity contribution is -0.125. The maximum atomic E-state index is 14.3. The van der Waals surface area contributed by atoms with E-state index in [0.29, 0.717) is 36.5 Å². The number of ketones is 2. The van der Waals surface area contributed by atoms with Gasteiger partial charge in [-0.15, -0.1) is 45.3 Å². The van der Waals surface area contributed by atoms with Crippen molar-refractivity contribution in [3.8, 4) is 19.5 Å². The van der Waals surface area contributed by atoms with Crippen LogP contribution in [0.15, 0.2) is 36.4 Å². The van der Waals surface area contributed by atoms with E-state index in [1.54, 1.807) is 11.1 Å². The molecule has 494 valence electrons. The van der Waals surface area contributed by atoms with Crippen LogP contribution in [0.4, 0.5) is 0 Å². The molecule has 10 atom stereocenters. The minimum atomic E-state index is 0.00136. The lowest BCUT2D eigenvalue weighted by Crippen LogP contribution is -2.57. The molecule has 2 N–H and O–H groups in total. The zero-order valence-electron chi connectivity index (χ0n) is 57.2. The minimum absolute atomic E-state index is 0.00136. The molecule has 4 aromatic rings. The van der Waals surface area contributed by atoms with E-state index >= 15 is 0 Å². The summed E-state index contributed by atoms with van der Waals surface area (Å²) in [6, 6.07) is 15.0. The highest BCUT2D eigenvalue weighted by Crippen LogP contribution is 2.58. The topological polar surface area (TPSA) is 58.2 Å². The first-order valence-corrected chi connectivity index (χ1v) is 41.4. The molecule has 6 heterocycles. The number of hydrogen-bond acceptors (Lipinski definition) is 8. The first kappa shape index (κ1) is 71.9. The monoisotopic (exact) mass is 1280 g/mol. The van der Waals surface area contributed by atoms with Crippen LogP contribution in [0, 0.1) is 49.4 Å². The Balaban J connectivity index is 0.889. The number of aryl methyl sites for hydroxylation is 2. The van der Waals surface area contributed by atoms with Crippen molar-refractivity contribution in [1.82, 2.24) is 10.6 Å². The molecule has 0 amide bonds. The van der Waals surface area contributed by atoms with Crippen molar-refractivity contribution in [2.24, 2.45) is 35.5 Å². The Labute approximate surface area is 556 Å². The maximum absolute atomic E-state index is 14.3. The van der Waals surface area contributed by atoms with Crippen molar-refractivity contribution >= 4 is 56.9 Å². The van der Waals surface area contributed by atoms with Gasteiger partial charge in [0.2, 0.25) is 0 Å². The molecule has 8 heteroatoms. The Morgan fingerprint density at radius 3 is 0.955 bits per heavy atom. The molecule has 0 radical (unpaired) electrons. The van der Waals surface area contributed by atoms with Gasteiger partial charge in [-0.3, -0.25) is 9.59 Å². The highest BCUT2D eigenvalue weighted by molar-refractivity contribution is 7.22. The van der Waals surface area contributed by atoms with Crippen molar-refractivity contribution < 1.29 is 9.59 Å². The predicted molar refractivity (Wildman–Crippen MR) is 389 cm³/mol. The normalized spacial score (nSPS) is 22.4. The fourth-order valence-electron chi connectivity index (χ4n) is 17.1. The van der Waals surface area contributed by atoms with Crippen LogP contribution in [-0.4, -0.2) is 36.7 Å². The third-order valence-electron chi connectivity index (χ3n) is 22.3. The number of carbonyl (C=O) groups excluding carboxylic acids is 2. The van der Waals surface area contributed by atoms with Crippen LogP contribution in [0.5, 0.6) is 0 Å². The predicted octanol–water partition coefficient (Wildman–Crippen LogP) is 25.1. The van der Waals surface area contributed by atoms with Gasteiger partial charge in [-0.05, 0) is 111 Å². The summed E-state index contributed by atoms with van der Waals surface area (Å²) in [5, 5.41) is 7.74. The van der Waals surface area contributed by atoms with Crippen LogP contribution < -0.4 is 10.6 Å². The average Bonchev–Trinajstić information content (AvgIpc) is 1.53. The van der Waals surface area contributed by atoms with Gasteiger partial charge in [-0.2, -0.15) is 0 Å². The second-order valence-corrected chi connectivity index (χ2v) is 33.9. The molecule has 2 saturated carbocycles. The maximum Gasteiger partial charge on any atom is 0.151 e. The highest BCUT2D eigenvalue weighted by Gasteiger charge is 2.59. The zero-order chi connectivity index (χ0) is 61.7. The third kappa shape index (κ3) is 22.1. The van der Waals surface area contributed by atoms with Crippen molar-refractivity contribution in [3.63, 3.8) is 0 Å². The fourth-order valence-corrected chi connectivity index (χ4v) is 21.7. The summed E-state index contributed by atoms with van der Waals surface area (Å²) in [7, 11) is 0. The van der Waals surface area contributed by atoms with E-state index in [1.807, 2.05) is 45.3 Å². The molecular formula is C80H128N2O2S4. The number of thiophene rings is 4. The van der Waals surface area contributed by atoms with Gasteiger partial charge in [0.1, 0.15) is 0 Å². The molecule has 88 heavy (non-hydrogen) atoms. The van der Waals surface area contributed by atoms with Gasteiger partial charge >= 0.3 is 0 Å². The van der Waals surface area contributed by atoms with Crippen molar-refractivity contribution in [3.05, 3.63) is 67.0 Å². The Bertz CT molecular complexity index is 2370. The van der Waals surface area contributed by atoms with E-state index < -0.39 is 0 Å². The lowest BCUT2D eigenvalue weighted by atomic mass is 9.55. The summed E-state index contributed by atoms with van der Waals surface area (Å²) in [6.07, 6.45) is 60.4. The second kappa shape index (κ2) is 40.3. The number of Topliss-reactive ketones (excluding diaryl/α,β-unsaturated/α-hetero) is 2. The van der Waals surface area contributed by atoms with Crippen LogP contribution in [0.1, 0.15) is 340 Å². The summed E-state index contributed by atoms with van der Waals surface area (Å²) in [6.45, 7) is 15.0. The Hall–Kier alpha value is -1.94. The molecule has 2 aliphatic carbocycles. The van der Waals surface area contributed by atoms with Crippen molar-refractivity contribution in [2.45, 2.75) is 348 Å². The Kier molecular flexibility index (Phi) is 33.0. The van der Waals surface area contributed by atoms with Gasteiger partial charge in [0.05, 0.1) is 13.1 Å². The standard InChI is InChI=1S/C80H128N2O2S4/c1-7-11-15-19-23-27-29-33-37-41-45-61(43-39-35-31-25-21-17-13-9-3)51-63-53-75(85-59(63)5)73-49-47-71(87-73)67-55-65-66(79-77(67)69(83)57-81-79)56-68(78-70(84)58-82-80(65)78)72-48-50-74(88-72)76-54-64(60(6)86-76)52-62(44-40-36-32-26-22-18-14-10-4)46-42-38-34-30-28-24-20-16-12-8-2/h47-50,53-54,61-62,65-68,77-82H,7-46,51-52,55-58H2,1-6H3. The molecule has 0 bridgehead atoms. The van der Waals surface area contributed by atoms with E-state index in [2.05, 4.69) is 88.6 Å². The molecule has 0 aromatic carbocycles. The smallest absolute Gasteiger partial charge is 0.151 e. The van der Waals surface area contributed by atoms with Crippen LogP contribution in [-0.2, 0) is 22.4 Å². The molecule has 4 nitrogen and oxygen atoms in total. The molecular weight excluding hydrogens is 1150 g/mol. The fraction of sp³-hybridized carbons (Fsp3) is 0.775. The third-order valence-corrected chi connectivity index (χ3v) is 27.3. The molecule has 10 unspecified atom stereocenters.